The first-order chi connectivity index (χ1) is 8.34. The maximum Gasteiger partial charge on any atom is 0.161 e. The number of hydrogen-bond donors (Lipinski definition) is 0. The average molecular weight is 250 g/mol. The van der Waals surface area contributed by atoms with Gasteiger partial charge in [0.2, 0.25) is 0 Å². The van der Waals surface area contributed by atoms with Gasteiger partial charge < -0.3 is 9.47 Å². The lowest BCUT2D eigenvalue weighted by atomic mass is 9.85. The van der Waals surface area contributed by atoms with E-state index in [9.17, 15) is 4.79 Å². The van der Waals surface area contributed by atoms with Gasteiger partial charge in [-0.1, -0.05) is 5.57 Å². The Balaban J connectivity index is 1.86. The Morgan fingerprint density at radius 2 is 1.83 bits per heavy atom. The van der Waals surface area contributed by atoms with Crippen LogP contribution in [0.15, 0.2) is 11.1 Å². The van der Waals surface area contributed by atoms with Gasteiger partial charge in [-0.3, -0.25) is 4.79 Å². The molecule has 1 saturated carbocycles. The number of ether oxygens (including phenoxy) is 2. The smallest absolute Gasteiger partial charge is 0.161 e. The molecule has 0 aromatic heterocycles. The third kappa shape index (κ3) is 1.94. The Hall–Kier alpha value is -0.670. The van der Waals surface area contributed by atoms with Gasteiger partial charge in [-0.2, -0.15) is 0 Å². The Morgan fingerprint density at radius 3 is 2.50 bits per heavy atom. The summed E-state index contributed by atoms with van der Waals surface area (Å²) in [6.45, 7) is 8.26. The van der Waals surface area contributed by atoms with Crippen LogP contribution in [0.3, 0.4) is 0 Å². The number of fused-ring (bicyclic) bond motifs is 2. The monoisotopic (exact) mass is 250 g/mol. The topological polar surface area (TPSA) is 42.1 Å². The number of epoxide rings is 2. The van der Waals surface area contributed by atoms with Crippen LogP contribution in [0.2, 0.25) is 0 Å². The van der Waals surface area contributed by atoms with Gasteiger partial charge >= 0.3 is 0 Å². The van der Waals surface area contributed by atoms with E-state index in [-0.39, 0.29) is 29.2 Å². The van der Waals surface area contributed by atoms with Crippen LogP contribution >= 0.6 is 0 Å². The summed E-state index contributed by atoms with van der Waals surface area (Å²) in [5.74, 6) is 0.250. The highest BCUT2D eigenvalue weighted by Gasteiger charge is 2.58. The molecule has 3 rings (SSSR count). The summed E-state index contributed by atoms with van der Waals surface area (Å²) in [6.07, 6.45) is 3.84. The minimum absolute atomic E-state index is 0.0226. The zero-order valence-electron chi connectivity index (χ0n) is 11.7. The maximum absolute atomic E-state index is 12.4. The molecule has 3 nitrogen and oxygen atoms in total. The van der Waals surface area contributed by atoms with E-state index in [1.807, 2.05) is 13.8 Å². The maximum atomic E-state index is 12.4. The van der Waals surface area contributed by atoms with Crippen molar-refractivity contribution in [1.82, 2.24) is 0 Å². The van der Waals surface area contributed by atoms with Crippen molar-refractivity contribution in [3.63, 3.8) is 0 Å². The molecule has 100 valence electrons. The molecule has 3 fully saturated rings. The fourth-order valence-corrected chi connectivity index (χ4v) is 3.20. The minimum atomic E-state index is -0.212. The van der Waals surface area contributed by atoms with Crippen LogP contribution in [0.25, 0.3) is 0 Å². The van der Waals surface area contributed by atoms with E-state index < -0.39 is 0 Å². The van der Waals surface area contributed by atoms with Crippen LogP contribution in [0.1, 0.15) is 53.4 Å². The number of carbonyl (C=O) groups excluding carboxylic acids is 1. The molecule has 1 unspecified atom stereocenters. The second-order valence-corrected chi connectivity index (χ2v) is 6.66. The number of ketones is 1. The fourth-order valence-electron chi connectivity index (χ4n) is 3.20. The quantitative estimate of drug-likeness (QED) is 0.490. The molecule has 0 N–H and O–H groups in total. The van der Waals surface area contributed by atoms with Gasteiger partial charge in [0.25, 0.3) is 0 Å². The van der Waals surface area contributed by atoms with E-state index in [1.165, 1.54) is 0 Å². The standard InChI is InChI=1S/C15H22O3/c1-9(2)10-7-13-14(3,18-13)6-5-12-15(4,17-12)8-11(10)16/h12-13H,5-8H2,1-4H3/t12-,13-,14+,15?/m0/s1. The molecular weight excluding hydrogens is 228 g/mol. The highest BCUT2D eigenvalue weighted by molar-refractivity contribution is 5.97. The molecule has 18 heavy (non-hydrogen) atoms. The molecule has 1 aliphatic carbocycles. The lowest BCUT2D eigenvalue weighted by Gasteiger charge is -2.14. The highest BCUT2D eigenvalue weighted by atomic mass is 16.6. The van der Waals surface area contributed by atoms with Gasteiger partial charge in [0.05, 0.1) is 23.4 Å². The first kappa shape index (κ1) is 12.4. The summed E-state index contributed by atoms with van der Waals surface area (Å²) < 4.78 is 11.6. The molecule has 0 spiro atoms. The van der Waals surface area contributed by atoms with Gasteiger partial charge in [0.1, 0.15) is 0 Å². The van der Waals surface area contributed by atoms with Crippen molar-refractivity contribution in [3.05, 3.63) is 11.1 Å². The molecule has 4 atom stereocenters. The molecule has 3 heteroatoms. The van der Waals surface area contributed by atoms with Gasteiger partial charge in [-0.15, -0.1) is 0 Å². The number of allylic oxidation sites excluding steroid dienone is 1. The zero-order chi connectivity index (χ0) is 13.1. The van der Waals surface area contributed by atoms with E-state index in [4.69, 9.17) is 9.47 Å². The van der Waals surface area contributed by atoms with Crippen molar-refractivity contribution in [2.24, 2.45) is 0 Å². The lowest BCUT2D eigenvalue weighted by Crippen LogP contribution is -2.23. The van der Waals surface area contributed by atoms with Gasteiger partial charge in [-0.25, -0.2) is 0 Å². The first-order valence-electron chi connectivity index (χ1n) is 6.89. The van der Waals surface area contributed by atoms with Crippen molar-refractivity contribution in [2.75, 3.05) is 0 Å². The largest absolute Gasteiger partial charge is 0.366 e. The minimum Gasteiger partial charge on any atom is -0.366 e. The highest BCUT2D eigenvalue weighted by Crippen LogP contribution is 2.50. The summed E-state index contributed by atoms with van der Waals surface area (Å²) in [6, 6.07) is 0. The third-order valence-corrected chi connectivity index (χ3v) is 4.81. The number of Topliss-reactive ketones (excluding diaryl/α,β-unsaturated/α-hetero) is 1. The molecule has 0 amide bonds. The predicted molar refractivity (Wildman–Crippen MR) is 68.4 cm³/mol. The van der Waals surface area contributed by atoms with Gasteiger partial charge in [0, 0.05) is 12.8 Å². The van der Waals surface area contributed by atoms with Crippen LogP contribution < -0.4 is 0 Å². The molecule has 0 bridgehead atoms. The predicted octanol–water partition coefficient (Wildman–Crippen LogP) is 2.78. The van der Waals surface area contributed by atoms with Crippen molar-refractivity contribution in [1.29, 1.82) is 0 Å². The summed E-state index contributed by atoms with van der Waals surface area (Å²) in [5.41, 5.74) is 1.85. The molecule has 2 heterocycles. The third-order valence-electron chi connectivity index (χ3n) is 4.81. The lowest BCUT2D eigenvalue weighted by molar-refractivity contribution is -0.116. The first-order valence-corrected chi connectivity index (χ1v) is 6.89. The summed E-state index contributed by atoms with van der Waals surface area (Å²) >= 11 is 0. The van der Waals surface area contributed by atoms with Crippen molar-refractivity contribution < 1.29 is 14.3 Å². The SMILES string of the molecule is CC(C)=C1C[C@@H]2O[C@]2(C)CC[C@@H]2OC2(C)CC1=O. The zero-order valence-corrected chi connectivity index (χ0v) is 11.7. The molecular formula is C15H22O3. The molecule has 2 aliphatic heterocycles. The molecule has 0 aromatic rings. The van der Waals surface area contributed by atoms with E-state index >= 15 is 0 Å². The van der Waals surface area contributed by atoms with E-state index in [2.05, 4.69) is 13.8 Å². The van der Waals surface area contributed by atoms with Crippen molar-refractivity contribution in [2.45, 2.75) is 76.8 Å². The van der Waals surface area contributed by atoms with E-state index in [1.54, 1.807) is 0 Å². The van der Waals surface area contributed by atoms with Crippen molar-refractivity contribution >= 4 is 5.78 Å². The average Bonchev–Trinajstić information content (AvgIpc) is 3.09. The van der Waals surface area contributed by atoms with E-state index in [0.717, 1.165) is 30.4 Å². The second-order valence-electron chi connectivity index (χ2n) is 6.66. The fraction of sp³-hybridized carbons (Fsp3) is 0.800. The number of rotatable bonds is 0. The second kappa shape index (κ2) is 3.67. The van der Waals surface area contributed by atoms with Gasteiger partial charge in [0.15, 0.2) is 5.78 Å². The summed E-state index contributed by atoms with van der Waals surface area (Å²) in [7, 11) is 0. The van der Waals surface area contributed by atoms with Crippen LogP contribution in [0, 0.1) is 0 Å². The van der Waals surface area contributed by atoms with E-state index in [0.29, 0.717) is 6.42 Å². The Bertz CT molecular complexity index is 435. The molecule has 2 saturated heterocycles. The molecule has 3 aliphatic rings. The number of carbonyl (C=O) groups is 1. The Kier molecular flexibility index (Phi) is 2.52. The normalized spacial score (nSPS) is 47.1. The Morgan fingerprint density at radius 1 is 1.17 bits per heavy atom. The number of hydrogen-bond acceptors (Lipinski definition) is 3. The van der Waals surface area contributed by atoms with Crippen LogP contribution in [-0.4, -0.2) is 29.2 Å². The summed E-state index contributed by atoms with van der Waals surface area (Å²) in [4.78, 5) is 12.4. The Labute approximate surface area is 109 Å². The molecule has 0 radical (unpaired) electrons. The summed E-state index contributed by atoms with van der Waals surface area (Å²) in [5, 5.41) is 0. The van der Waals surface area contributed by atoms with Crippen LogP contribution in [0.4, 0.5) is 0 Å². The van der Waals surface area contributed by atoms with Crippen LogP contribution in [0.5, 0.6) is 0 Å². The molecule has 0 aromatic carbocycles. The van der Waals surface area contributed by atoms with Gasteiger partial charge in [-0.05, 0) is 46.1 Å². The van der Waals surface area contributed by atoms with Crippen LogP contribution in [-0.2, 0) is 14.3 Å². The van der Waals surface area contributed by atoms with Crippen molar-refractivity contribution in [3.8, 4) is 0 Å².